The number of hydrogen-bond acceptors (Lipinski definition) is 2. The maximum Gasteiger partial charge on any atom is 0.211 e. The van der Waals surface area contributed by atoms with Crippen LogP contribution in [0.2, 0.25) is 10.0 Å². The fraction of sp³-hybridized carbons (Fsp3) is 0.400. The smallest absolute Gasteiger partial charge is 0.211 e. The van der Waals surface area contributed by atoms with Crippen molar-refractivity contribution in [3.63, 3.8) is 0 Å². The molecular weight excluding hydrogens is 269 g/mol. The number of halogens is 2. The van der Waals surface area contributed by atoms with Gasteiger partial charge in [0, 0.05) is 13.1 Å². The maximum absolute atomic E-state index is 11.4. The first-order valence-corrected chi connectivity index (χ1v) is 7.40. The van der Waals surface area contributed by atoms with Crippen LogP contribution >= 0.6 is 23.2 Å². The van der Waals surface area contributed by atoms with Crippen molar-refractivity contribution in [1.29, 1.82) is 0 Å². The number of nitrogens with zero attached hydrogens (tertiary/aromatic N) is 1. The molecule has 3 nitrogen and oxygen atoms in total. The molecule has 6 heteroatoms. The topological polar surface area (TPSA) is 37.4 Å². The van der Waals surface area contributed by atoms with Gasteiger partial charge in [0.2, 0.25) is 10.0 Å². The Balaban J connectivity index is 2.38. The second kappa shape index (κ2) is 4.18. The molecule has 0 amide bonds. The molecule has 0 aromatic heterocycles. The molecule has 0 spiro atoms. The SMILES string of the molecule is CS(=O)(=O)N1CCc2cc(Cl)c(Cl)cc2C1. The first-order valence-electron chi connectivity index (χ1n) is 4.80. The minimum absolute atomic E-state index is 0.380. The zero-order valence-electron chi connectivity index (χ0n) is 8.70. The molecule has 1 aliphatic heterocycles. The Morgan fingerprint density at radius 3 is 2.31 bits per heavy atom. The van der Waals surface area contributed by atoms with Crippen LogP contribution in [0.1, 0.15) is 11.1 Å². The van der Waals surface area contributed by atoms with Gasteiger partial charge in [-0.2, -0.15) is 4.31 Å². The van der Waals surface area contributed by atoms with Crippen molar-refractivity contribution >= 4 is 33.2 Å². The predicted octanol–water partition coefficient (Wildman–Crippen LogP) is 2.31. The van der Waals surface area contributed by atoms with Crippen LogP contribution in [0.4, 0.5) is 0 Å². The molecule has 2 rings (SSSR count). The third-order valence-electron chi connectivity index (χ3n) is 2.69. The van der Waals surface area contributed by atoms with Crippen molar-refractivity contribution in [2.75, 3.05) is 12.8 Å². The third-order valence-corrected chi connectivity index (χ3v) is 4.66. The van der Waals surface area contributed by atoms with E-state index in [0.717, 1.165) is 11.1 Å². The summed E-state index contributed by atoms with van der Waals surface area (Å²) in [5.41, 5.74) is 2.01. The lowest BCUT2D eigenvalue weighted by molar-refractivity contribution is 0.395. The van der Waals surface area contributed by atoms with Gasteiger partial charge in [0.15, 0.2) is 0 Å². The molecule has 0 saturated carbocycles. The molecule has 1 heterocycles. The molecule has 0 radical (unpaired) electrons. The van der Waals surface area contributed by atoms with Crippen LogP contribution in [0.5, 0.6) is 0 Å². The Kier molecular flexibility index (Phi) is 3.18. The highest BCUT2D eigenvalue weighted by Crippen LogP contribution is 2.29. The highest BCUT2D eigenvalue weighted by atomic mass is 35.5. The minimum Gasteiger partial charge on any atom is -0.212 e. The molecule has 1 aliphatic rings. The van der Waals surface area contributed by atoms with Gasteiger partial charge in [0.25, 0.3) is 0 Å². The second-order valence-corrected chi connectivity index (χ2v) is 6.68. The quantitative estimate of drug-likeness (QED) is 0.791. The molecule has 1 aromatic carbocycles. The van der Waals surface area contributed by atoms with Crippen LogP contribution < -0.4 is 0 Å². The van der Waals surface area contributed by atoms with E-state index in [2.05, 4.69) is 0 Å². The van der Waals surface area contributed by atoms with Gasteiger partial charge in [-0.1, -0.05) is 23.2 Å². The van der Waals surface area contributed by atoms with Crippen molar-refractivity contribution in [2.24, 2.45) is 0 Å². The molecule has 16 heavy (non-hydrogen) atoms. The van der Waals surface area contributed by atoms with E-state index in [-0.39, 0.29) is 0 Å². The average molecular weight is 280 g/mol. The molecule has 0 bridgehead atoms. The Labute approximate surface area is 105 Å². The molecule has 88 valence electrons. The van der Waals surface area contributed by atoms with Crippen molar-refractivity contribution < 1.29 is 8.42 Å². The van der Waals surface area contributed by atoms with Crippen LogP contribution in [-0.4, -0.2) is 25.5 Å². The zero-order chi connectivity index (χ0) is 11.9. The Morgan fingerprint density at radius 2 is 1.75 bits per heavy atom. The summed E-state index contributed by atoms with van der Waals surface area (Å²) in [7, 11) is -3.13. The van der Waals surface area contributed by atoms with E-state index in [0.29, 0.717) is 29.6 Å². The molecule has 0 N–H and O–H groups in total. The summed E-state index contributed by atoms with van der Waals surface area (Å²) in [5.74, 6) is 0. The van der Waals surface area contributed by atoms with E-state index in [1.165, 1.54) is 10.6 Å². The van der Waals surface area contributed by atoms with Crippen molar-refractivity contribution in [1.82, 2.24) is 4.31 Å². The summed E-state index contributed by atoms with van der Waals surface area (Å²) in [6.07, 6.45) is 1.90. The summed E-state index contributed by atoms with van der Waals surface area (Å²) in [6, 6.07) is 3.56. The van der Waals surface area contributed by atoms with Crippen LogP contribution in [0.3, 0.4) is 0 Å². The lowest BCUT2D eigenvalue weighted by atomic mass is 10.0. The lowest BCUT2D eigenvalue weighted by Crippen LogP contribution is -2.35. The van der Waals surface area contributed by atoms with Crippen molar-refractivity contribution in [3.8, 4) is 0 Å². The molecule has 1 aromatic rings. The lowest BCUT2D eigenvalue weighted by Gasteiger charge is -2.27. The zero-order valence-corrected chi connectivity index (χ0v) is 11.0. The van der Waals surface area contributed by atoms with Gasteiger partial charge in [-0.25, -0.2) is 8.42 Å². The van der Waals surface area contributed by atoms with Gasteiger partial charge in [-0.05, 0) is 29.7 Å². The summed E-state index contributed by atoms with van der Waals surface area (Å²) in [6.45, 7) is 0.884. The molecule has 0 atom stereocenters. The van der Waals surface area contributed by atoms with Crippen molar-refractivity contribution in [3.05, 3.63) is 33.3 Å². The number of sulfonamides is 1. The molecule has 0 saturated heterocycles. The van der Waals surface area contributed by atoms with Crippen LogP contribution in [0.25, 0.3) is 0 Å². The number of fused-ring (bicyclic) bond motifs is 1. The Morgan fingerprint density at radius 1 is 1.19 bits per heavy atom. The van der Waals surface area contributed by atoms with Crippen LogP contribution in [0, 0.1) is 0 Å². The summed E-state index contributed by atoms with van der Waals surface area (Å²) in [4.78, 5) is 0. The van der Waals surface area contributed by atoms with E-state index in [9.17, 15) is 8.42 Å². The molecule has 0 fully saturated rings. The fourth-order valence-electron chi connectivity index (χ4n) is 1.81. The second-order valence-electron chi connectivity index (χ2n) is 3.88. The van der Waals surface area contributed by atoms with E-state index in [1.807, 2.05) is 6.07 Å². The third kappa shape index (κ3) is 2.35. The van der Waals surface area contributed by atoms with E-state index >= 15 is 0 Å². The Bertz CT molecular complexity index is 528. The molecule has 0 aliphatic carbocycles. The van der Waals surface area contributed by atoms with E-state index in [1.54, 1.807) is 6.07 Å². The number of hydrogen-bond donors (Lipinski definition) is 0. The summed E-state index contributed by atoms with van der Waals surface area (Å²) in [5, 5.41) is 0.990. The van der Waals surface area contributed by atoms with Crippen LogP contribution in [0.15, 0.2) is 12.1 Å². The number of rotatable bonds is 1. The fourth-order valence-corrected chi connectivity index (χ4v) is 2.98. The standard InChI is InChI=1S/C10H11Cl2NO2S/c1-16(14,15)13-3-2-7-4-9(11)10(12)5-8(7)6-13/h4-5H,2-3,6H2,1H3. The van der Waals surface area contributed by atoms with Crippen molar-refractivity contribution in [2.45, 2.75) is 13.0 Å². The van der Waals surface area contributed by atoms with Gasteiger partial charge < -0.3 is 0 Å². The van der Waals surface area contributed by atoms with Gasteiger partial charge in [0.05, 0.1) is 16.3 Å². The van der Waals surface area contributed by atoms with Gasteiger partial charge in [-0.3, -0.25) is 0 Å². The highest BCUT2D eigenvalue weighted by Gasteiger charge is 2.23. The summed E-state index contributed by atoms with van der Waals surface area (Å²) >= 11 is 11.8. The van der Waals surface area contributed by atoms with Crippen LogP contribution in [-0.2, 0) is 23.0 Å². The monoisotopic (exact) mass is 279 g/mol. The van der Waals surface area contributed by atoms with E-state index < -0.39 is 10.0 Å². The average Bonchev–Trinajstić information content (AvgIpc) is 2.17. The largest absolute Gasteiger partial charge is 0.212 e. The molecular formula is C10H11Cl2NO2S. The predicted molar refractivity (Wildman–Crippen MR) is 65.4 cm³/mol. The first-order chi connectivity index (χ1) is 7.38. The first kappa shape index (κ1) is 12.2. The summed E-state index contributed by atoms with van der Waals surface area (Å²) < 4.78 is 24.3. The minimum atomic E-state index is -3.13. The normalized spacial score (nSPS) is 17.2. The highest BCUT2D eigenvalue weighted by molar-refractivity contribution is 7.88. The van der Waals surface area contributed by atoms with E-state index in [4.69, 9.17) is 23.2 Å². The van der Waals surface area contributed by atoms with Gasteiger partial charge in [-0.15, -0.1) is 0 Å². The van der Waals surface area contributed by atoms with Gasteiger partial charge in [0.1, 0.15) is 0 Å². The Hall–Kier alpha value is -0.290. The van der Waals surface area contributed by atoms with Gasteiger partial charge >= 0.3 is 0 Å². The number of benzene rings is 1. The molecule has 0 unspecified atom stereocenters. The maximum atomic E-state index is 11.4.